The maximum atomic E-state index is 5.85. The summed E-state index contributed by atoms with van der Waals surface area (Å²) < 4.78 is 18.3. The van der Waals surface area contributed by atoms with Gasteiger partial charge in [0, 0.05) is 31.5 Å². The first kappa shape index (κ1) is 20.3. The van der Waals surface area contributed by atoms with Gasteiger partial charge in [-0.05, 0) is 38.0 Å². The third-order valence-electron chi connectivity index (χ3n) is 4.82. The Hall–Kier alpha value is -3.03. The number of ether oxygens (including phenoxy) is 3. The van der Waals surface area contributed by atoms with Crippen molar-refractivity contribution in [3.05, 3.63) is 59.9 Å². The number of aromatic nitrogens is 4. The van der Waals surface area contributed by atoms with E-state index in [0.29, 0.717) is 25.0 Å². The van der Waals surface area contributed by atoms with Crippen LogP contribution in [0.5, 0.6) is 6.01 Å². The molecule has 0 saturated carbocycles. The summed E-state index contributed by atoms with van der Waals surface area (Å²) in [6.07, 6.45) is 7.85. The van der Waals surface area contributed by atoms with E-state index in [9.17, 15) is 0 Å². The topological polar surface area (TPSA) is 71.3 Å². The van der Waals surface area contributed by atoms with Crippen molar-refractivity contribution in [2.24, 2.45) is 0 Å². The van der Waals surface area contributed by atoms with Crippen LogP contribution in [-0.2, 0) is 9.47 Å². The molecular weight excluding hydrogens is 380 g/mol. The third kappa shape index (κ3) is 5.11. The Morgan fingerprint density at radius 2 is 2.17 bits per heavy atom. The van der Waals surface area contributed by atoms with Gasteiger partial charge >= 0.3 is 6.01 Å². The largest absolute Gasteiger partial charge is 0.461 e. The van der Waals surface area contributed by atoms with Gasteiger partial charge in [0.15, 0.2) is 5.82 Å². The van der Waals surface area contributed by atoms with E-state index in [-0.39, 0.29) is 6.10 Å². The highest BCUT2D eigenvalue weighted by molar-refractivity contribution is 5.60. The second-order valence-electron chi connectivity index (χ2n) is 7.25. The van der Waals surface area contributed by atoms with Crippen molar-refractivity contribution in [2.75, 3.05) is 26.9 Å². The Kier molecular flexibility index (Phi) is 6.51. The highest BCUT2D eigenvalue weighted by atomic mass is 16.5. The molecule has 0 N–H and O–H groups in total. The molecule has 0 spiro atoms. The minimum atomic E-state index is 0.0994. The summed E-state index contributed by atoms with van der Waals surface area (Å²) in [5.74, 6) is 0.642. The lowest BCUT2D eigenvalue weighted by molar-refractivity contribution is 0.0645. The SMILES string of the molecule is COCC=Cc1cc(-n2ccc(-c3cccc(C)c3)n2)nc(OCC2CCCO2)n1. The van der Waals surface area contributed by atoms with E-state index in [1.54, 1.807) is 11.8 Å². The van der Waals surface area contributed by atoms with Gasteiger partial charge in [-0.15, -0.1) is 0 Å². The van der Waals surface area contributed by atoms with Gasteiger partial charge in [0.2, 0.25) is 0 Å². The van der Waals surface area contributed by atoms with Crippen LogP contribution < -0.4 is 4.74 Å². The minimum Gasteiger partial charge on any atom is -0.461 e. The summed E-state index contributed by atoms with van der Waals surface area (Å²) in [4.78, 5) is 9.06. The van der Waals surface area contributed by atoms with E-state index >= 15 is 0 Å². The van der Waals surface area contributed by atoms with Crippen LogP contribution in [0, 0.1) is 6.92 Å². The summed E-state index contributed by atoms with van der Waals surface area (Å²) in [5, 5.41) is 4.71. The molecule has 156 valence electrons. The Labute approximate surface area is 176 Å². The van der Waals surface area contributed by atoms with Crippen LogP contribution in [0.15, 0.2) is 48.7 Å². The first-order chi connectivity index (χ1) is 14.7. The molecular formula is C23H26N4O3. The smallest absolute Gasteiger partial charge is 0.319 e. The van der Waals surface area contributed by atoms with E-state index in [1.807, 2.05) is 36.5 Å². The molecule has 0 amide bonds. The zero-order valence-corrected chi connectivity index (χ0v) is 17.3. The summed E-state index contributed by atoms with van der Waals surface area (Å²) in [5.41, 5.74) is 3.87. The number of hydrogen-bond donors (Lipinski definition) is 0. The monoisotopic (exact) mass is 406 g/mol. The van der Waals surface area contributed by atoms with Crippen LogP contribution in [0.4, 0.5) is 0 Å². The molecule has 3 heterocycles. The lowest BCUT2D eigenvalue weighted by Crippen LogP contribution is -2.18. The van der Waals surface area contributed by atoms with Crippen molar-refractivity contribution < 1.29 is 14.2 Å². The Balaban J connectivity index is 1.60. The molecule has 0 bridgehead atoms. The van der Waals surface area contributed by atoms with E-state index in [1.165, 1.54) is 5.56 Å². The molecule has 7 heteroatoms. The van der Waals surface area contributed by atoms with Crippen molar-refractivity contribution in [1.82, 2.24) is 19.7 Å². The van der Waals surface area contributed by atoms with Crippen molar-refractivity contribution in [3.8, 4) is 23.1 Å². The Morgan fingerprint density at radius 3 is 2.97 bits per heavy atom. The molecule has 1 fully saturated rings. The predicted molar refractivity (Wildman–Crippen MR) is 115 cm³/mol. The number of nitrogens with zero attached hydrogens (tertiary/aromatic N) is 4. The van der Waals surface area contributed by atoms with Gasteiger partial charge in [-0.25, -0.2) is 4.68 Å². The summed E-state index contributed by atoms with van der Waals surface area (Å²) in [7, 11) is 1.66. The molecule has 30 heavy (non-hydrogen) atoms. The Bertz CT molecular complexity index is 1010. The molecule has 4 rings (SSSR count). The molecule has 1 atom stereocenters. The van der Waals surface area contributed by atoms with Crippen LogP contribution in [-0.4, -0.2) is 52.8 Å². The molecule has 3 aromatic rings. The fraction of sp³-hybridized carbons (Fsp3) is 0.348. The lowest BCUT2D eigenvalue weighted by atomic mass is 10.1. The normalized spacial score (nSPS) is 16.4. The molecule has 7 nitrogen and oxygen atoms in total. The minimum absolute atomic E-state index is 0.0994. The number of methoxy groups -OCH3 is 1. The van der Waals surface area contributed by atoms with Gasteiger partial charge < -0.3 is 14.2 Å². The predicted octanol–water partition coefficient (Wildman–Crippen LogP) is 3.86. The van der Waals surface area contributed by atoms with Gasteiger partial charge in [0.05, 0.1) is 24.1 Å². The van der Waals surface area contributed by atoms with Gasteiger partial charge in [-0.2, -0.15) is 15.1 Å². The highest BCUT2D eigenvalue weighted by Crippen LogP contribution is 2.21. The average Bonchev–Trinajstić information content (AvgIpc) is 3.45. The Morgan fingerprint density at radius 1 is 1.23 bits per heavy atom. The summed E-state index contributed by atoms with van der Waals surface area (Å²) in [6.45, 7) is 3.80. The lowest BCUT2D eigenvalue weighted by Gasteiger charge is -2.11. The molecule has 1 saturated heterocycles. The maximum absolute atomic E-state index is 5.85. The summed E-state index contributed by atoms with van der Waals surface area (Å²) >= 11 is 0. The zero-order valence-electron chi connectivity index (χ0n) is 17.3. The third-order valence-corrected chi connectivity index (χ3v) is 4.82. The fourth-order valence-corrected chi connectivity index (χ4v) is 3.32. The summed E-state index contributed by atoms with van der Waals surface area (Å²) in [6, 6.07) is 12.4. The molecule has 1 aliphatic heterocycles. The maximum Gasteiger partial charge on any atom is 0.319 e. The number of aryl methyl sites for hydroxylation is 1. The van der Waals surface area contributed by atoms with Crippen LogP contribution in [0.1, 0.15) is 24.1 Å². The van der Waals surface area contributed by atoms with Crippen LogP contribution >= 0.6 is 0 Å². The molecule has 2 aromatic heterocycles. The average molecular weight is 406 g/mol. The second kappa shape index (κ2) is 9.65. The quantitative estimate of drug-likeness (QED) is 0.566. The van der Waals surface area contributed by atoms with Crippen molar-refractivity contribution in [2.45, 2.75) is 25.9 Å². The van der Waals surface area contributed by atoms with Crippen molar-refractivity contribution in [3.63, 3.8) is 0 Å². The van der Waals surface area contributed by atoms with E-state index in [2.05, 4.69) is 35.1 Å². The van der Waals surface area contributed by atoms with Crippen LogP contribution in [0.2, 0.25) is 0 Å². The standard InChI is InChI=1S/C23H26N4O3/c1-17-6-3-7-18(14-17)21-10-11-27(26-21)22-15-19(8-4-12-28-2)24-23(25-22)30-16-20-9-5-13-29-20/h3-4,6-8,10-11,14-15,20H,5,9,12-13,16H2,1-2H3. The molecule has 1 aliphatic rings. The van der Waals surface area contributed by atoms with Crippen LogP contribution in [0.3, 0.4) is 0 Å². The van der Waals surface area contributed by atoms with Crippen molar-refractivity contribution in [1.29, 1.82) is 0 Å². The highest BCUT2D eigenvalue weighted by Gasteiger charge is 2.17. The molecule has 0 aliphatic carbocycles. The van der Waals surface area contributed by atoms with E-state index < -0.39 is 0 Å². The molecule has 1 unspecified atom stereocenters. The first-order valence-electron chi connectivity index (χ1n) is 10.1. The van der Waals surface area contributed by atoms with Gasteiger partial charge in [0.1, 0.15) is 6.61 Å². The first-order valence-corrected chi connectivity index (χ1v) is 10.1. The van der Waals surface area contributed by atoms with Crippen LogP contribution in [0.25, 0.3) is 23.2 Å². The zero-order chi connectivity index (χ0) is 20.8. The van der Waals surface area contributed by atoms with Gasteiger partial charge in [-0.3, -0.25) is 0 Å². The number of hydrogen-bond acceptors (Lipinski definition) is 6. The van der Waals surface area contributed by atoms with Gasteiger partial charge in [0.25, 0.3) is 0 Å². The van der Waals surface area contributed by atoms with Gasteiger partial charge in [-0.1, -0.05) is 29.8 Å². The molecule has 0 radical (unpaired) electrons. The fourth-order valence-electron chi connectivity index (χ4n) is 3.32. The second-order valence-corrected chi connectivity index (χ2v) is 7.25. The number of rotatable bonds is 8. The van der Waals surface area contributed by atoms with E-state index in [4.69, 9.17) is 19.3 Å². The molecule has 1 aromatic carbocycles. The number of benzene rings is 1. The van der Waals surface area contributed by atoms with Crippen molar-refractivity contribution >= 4 is 6.08 Å². The van der Waals surface area contributed by atoms with E-state index in [0.717, 1.165) is 36.4 Å².